The van der Waals surface area contributed by atoms with Crippen LogP contribution in [0.25, 0.3) is 0 Å². The predicted molar refractivity (Wildman–Crippen MR) is 65.0 cm³/mol. The summed E-state index contributed by atoms with van der Waals surface area (Å²) < 4.78 is 62.9. The summed E-state index contributed by atoms with van der Waals surface area (Å²) in [6.45, 7) is -1.51. The van der Waals surface area contributed by atoms with Gasteiger partial charge in [0.05, 0.1) is 5.69 Å². The van der Waals surface area contributed by atoms with Crippen molar-refractivity contribution < 1.29 is 21.6 Å². The zero-order valence-electron chi connectivity index (χ0n) is 10.3. The number of halogens is 3. The second-order valence-corrected chi connectivity index (χ2v) is 6.27. The summed E-state index contributed by atoms with van der Waals surface area (Å²) in [5.41, 5.74) is 2.16. The van der Waals surface area contributed by atoms with Crippen LogP contribution in [-0.4, -0.2) is 36.5 Å². The zero-order valence-corrected chi connectivity index (χ0v) is 11.1. The third kappa shape index (κ3) is 3.19. The number of pyridine rings is 1. The van der Waals surface area contributed by atoms with Crippen LogP contribution in [0.4, 0.5) is 18.9 Å². The fourth-order valence-electron chi connectivity index (χ4n) is 1.78. The molecule has 1 aliphatic carbocycles. The Bertz CT molecular complexity index is 586. The predicted octanol–water partition coefficient (Wildman–Crippen LogP) is 1.08. The van der Waals surface area contributed by atoms with E-state index in [4.69, 9.17) is 5.84 Å². The van der Waals surface area contributed by atoms with Crippen molar-refractivity contribution in [1.82, 2.24) is 9.29 Å². The van der Waals surface area contributed by atoms with E-state index in [2.05, 4.69) is 10.4 Å². The van der Waals surface area contributed by atoms with Gasteiger partial charge in [0.15, 0.2) is 0 Å². The molecule has 0 radical (unpaired) electrons. The Morgan fingerprint density at radius 1 is 1.45 bits per heavy atom. The van der Waals surface area contributed by atoms with Gasteiger partial charge in [-0.2, -0.15) is 17.5 Å². The van der Waals surface area contributed by atoms with Crippen molar-refractivity contribution in [3.8, 4) is 0 Å². The minimum absolute atomic E-state index is 0.00724. The highest BCUT2D eigenvalue weighted by Crippen LogP contribution is 2.36. The number of aromatic nitrogens is 1. The summed E-state index contributed by atoms with van der Waals surface area (Å²) in [5.74, 6) is 5.18. The molecule has 3 N–H and O–H groups in total. The van der Waals surface area contributed by atoms with E-state index in [0.29, 0.717) is 17.1 Å². The van der Waals surface area contributed by atoms with Crippen molar-refractivity contribution in [2.75, 3.05) is 12.0 Å². The standard InChI is InChI=1S/C10H13F3N4O2S/c11-10(12,13)6-17(7-1-2-7)20(18,19)9-5-15-4-3-8(9)16-14/h3-5,7H,1-2,6,14H2,(H,15,16). The number of rotatable bonds is 5. The summed E-state index contributed by atoms with van der Waals surface area (Å²) in [5, 5.41) is 0. The largest absolute Gasteiger partial charge is 0.402 e. The third-order valence-corrected chi connectivity index (χ3v) is 4.74. The maximum Gasteiger partial charge on any atom is 0.402 e. The number of nitrogen functional groups attached to an aromatic ring is 1. The molecule has 1 fully saturated rings. The van der Waals surface area contributed by atoms with Gasteiger partial charge in [0.2, 0.25) is 10.0 Å². The number of alkyl halides is 3. The first-order valence-electron chi connectivity index (χ1n) is 5.75. The Morgan fingerprint density at radius 2 is 2.10 bits per heavy atom. The molecule has 112 valence electrons. The van der Waals surface area contributed by atoms with Gasteiger partial charge in [-0.25, -0.2) is 8.42 Å². The van der Waals surface area contributed by atoms with E-state index < -0.39 is 28.8 Å². The van der Waals surface area contributed by atoms with E-state index in [1.54, 1.807) is 0 Å². The number of nitrogens with two attached hydrogens (primary N) is 1. The van der Waals surface area contributed by atoms with Crippen molar-refractivity contribution >= 4 is 15.7 Å². The van der Waals surface area contributed by atoms with Crippen molar-refractivity contribution in [3.63, 3.8) is 0 Å². The average molecular weight is 310 g/mol. The first-order valence-corrected chi connectivity index (χ1v) is 7.19. The molecule has 1 aromatic heterocycles. The molecule has 1 heterocycles. The molecule has 1 aliphatic rings. The lowest BCUT2D eigenvalue weighted by Gasteiger charge is -2.23. The lowest BCUT2D eigenvalue weighted by Crippen LogP contribution is -2.40. The molecule has 1 saturated carbocycles. The van der Waals surface area contributed by atoms with E-state index in [0.717, 1.165) is 6.20 Å². The smallest absolute Gasteiger partial charge is 0.323 e. The zero-order chi connectivity index (χ0) is 15.0. The molecule has 0 atom stereocenters. The fraction of sp³-hybridized carbons (Fsp3) is 0.500. The van der Waals surface area contributed by atoms with Crippen LogP contribution in [0.15, 0.2) is 23.4 Å². The van der Waals surface area contributed by atoms with Gasteiger partial charge in [0.25, 0.3) is 0 Å². The Kier molecular flexibility index (Phi) is 3.89. The molecular weight excluding hydrogens is 297 g/mol. The van der Waals surface area contributed by atoms with E-state index >= 15 is 0 Å². The SMILES string of the molecule is NNc1ccncc1S(=O)(=O)N(CC(F)(F)F)C1CC1. The van der Waals surface area contributed by atoms with Gasteiger partial charge in [-0.05, 0) is 18.9 Å². The maximum absolute atomic E-state index is 12.6. The van der Waals surface area contributed by atoms with Gasteiger partial charge in [-0.15, -0.1) is 0 Å². The lowest BCUT2D eigenvalue weighted by atomic mass is 10.4. The normalized spacial score (nSPS) is 16.4. The van der Waals surface area contributed by atoms with Gasteiger partial charge in [-0.1, -0.05) is 0 Å². The van der Waals surface area contributed by atoms with Gasteiger partial charge in [0.1, 0.15) is 11.4 Å². The highest BCUT2D eigenvalue weighted by atomic mass is 32.2. The number of sulfonamides is 1. The first-order chi connectivity index (χ1) is 9.25. The molecule has 0 aromatic carbocycles. The number of hydrogen-bond donors (Lipinski definition) is 2. The van der Waals surface area contributed by atoms with Crippen LogP contribution in [0.3, 0.4) is 0 Å². The number of anilines is 1. The Morgan fingerprint density at radius 3 is 2.60 bits per heavy atom. The van der Waals surface area contributed by atoms with Crippen LogP contribution in [0.1, 0.15) is 12.8 Å². The van der Waals surface area contributed by atoms with Crippen molar-refractivity contribution in [2.24, 2.45) is 5.84 Å². The van der Waals surface area contributed by atoms with Crippen LogP contribution in [0.5, 0.6) is 0 Å². The summed E-state index contributed by atoms with van der Waals surface area (Å²) in [6.07, 6.45) is -1.49. The molecule has 6 nitrogen and oxygen atoms in total. The second kappa shape index (κ2) is 5.19. The van der Waals surface area contributed by atoms with Crippen molar-refractivity contribution in [2.45, 2.75) is 30.0 Å². The van der Waals surface area contributed by atoms with E-state index in [-0.39, 0.29) is 10.6 Å². The maximum atomic E-state index is 12.6. The third-order valence-electron chi connectivity index (χ3n) is 2.82. The van der Waals surface area contributed by atoms with Crippen LogP contribution in [0, 0.1) is 0 Å². The van der Waals surface area contributed by atoms with Crippen LogP contribution in [-0.2, 0) is 10.0 Å². The quantitative estimate of drug-likeness (QED) is 0.627. The molecule has 2 rings (SSSR count). The number of hydrogen-bond acceptors (Lipinski definition) is 5. The monoisotopic (exact) mass is 310 g/mol. The minimum atomic E-state index is -4.60. The number of nitrogens with zero attached hydrogens (tertiary/aromatic N) is 2. The lowest BCUT2D eigenvalue weighted by molar-refractivity contribution is -0.137. The van der Waals surface area contributed by atoms with E-state index in [1.807, 2.05) is 0 Å². The molecule has 0 bridgehead atoms. The minimum Gasteiger partial charge on any atom is -0.323 e. The Balaban J connectivity index is 2.40. The molecule has 1 aromatic rings. The molecule has 0 spiro atoms. The number of hydrazine groups is 1. The number of nitrogens with one attached hydrogen (secondary N) is 1. The second-order valence-electron chi connectivity index (χ2n) is 4.41. The topological polar surface area (TPSA) is 88.3 Å². The fourth-order valence-corrected chi connectivity index (χ4v) is 3.55. The average Bonchev–Trinajstić information content (AvgIpc) is 3.19. The van der Waals surface area contributed by atoms with Gasteiger partial charge in [-0.3, -0.25) is 10.8 Å². The Hall–Kier alpha value is -1.39. The summed E-state index contributed by atoms with van der Waals surface area (Å²) >= 11 is 0. The molecule has 10 heteroatoms. The van der Waals surface area contributed by atoms with Crippen LogP contribution in [0.2, 0.25) is 0 Å². The van der Waals surface area contributed by atoms with Gasteiger partial charge in [0, 0.05) is 18.4 Å². The highest BCUT2D eigenvalue weighted by molar-refractivity contribution is 7.89. The van der Waals surface area contributed by atoms with Crippen LogP contribution < -0.4 is 11.3 Å². The molecule has 0 amide bonds. The Labute approximate surface area is 113 Å². The van der Waals surface area contributed by atoms with Crippen LogP contribution >= 0.6 is 0 Å². The first kappa shape index (κ1) is 15.0. The molecule has 0 unspecified atom stereocenters. The van der Waals surface area contributed by atoms with Crippen molar-refractivity contribution in [1.29, 1.82) is 0 Å². The molecule has 20 heavy (non-hydrogen) atoms. The van der Waals surface area contributed by atoms with Crippen molar-refractivity contribution in [3.05, 3.63) is 18.5 Å². The van der Waals surface area contributed by atoms with E-state index in [9.17, 15) is 21.6 Å². The summed E-state index contributed by atoms with van der Waals surface area (Å²) in [6, 6.07) is 0.665. The summed E-state index contributed by atoms with van der Waals surface area (Å²) in [7, 11) is -4.31. The van der Waals surface area contributed by atoms with E-state index in [1.165, 1.54) is 12.3 Å². The molecule has 0 aliphatic heterocycles. The molecule has 0 saturated heterocycles. The van der Waals surface area contributed by atoms with Gasteiger partial charge < -0.3 is 5.43 Å². The highest BCUT2D eigenvalue weighted by Gasteiger charge is 2.45. The molecular formula is C10H13F3N4O2S. The van der Waals surface area contributed by atoms with Gasteiger partial charge >= 0.3 is 6.18 Å². The summed E-state index contributed by atoms with van der Waals surface area (Å²) in [4.78, 5) is 3.27.